The maximum absolute atomic E-state index is 10.8. The molecule has 0 aromatic carbocycles. The van der Waals surface area contributed by atoms with Crippen molar-refractivity contribution in [2.45, 2.75) is 39.3 Å². The first-order valence-corrected chi connectivity index (χ1v) is 6.94. The fourth-order valence-electron chi connectivity index (χ4n) is 2.38. The summed E-state index contributed by atoms with van der Waals surface area (Å²) in [6.45, 7) is 6.57. The van der Waals surface area contributed by atoms with Gasteiger partial charge in [0.25, 0.3) is 0 Å². The van der Waals surface area contributed by atoms with E-state index in [4.69, 9.17) is 5.11 Å². The van der Waals surface area contributed by atoms with Crippen molar-refractivity contribution in [3.8, 4) is 0 Å². The van der Waals surface area contributed by atoms with Crippen molar-refractivity contribution >= 4 is 17.3 Å². The number of aromatic carboxylic acids is 1. The van der Waals surface area contributed by atoms with Gasteiger partial charge in [-0.3, -0.25) is 4.90 Å². The molecule has 2 heterocycles. The van der Waals surface area contributed by atoms with Gasteiger partial charge in [-0.05, 0) is 37.8 Å². The highest BCUT2D eigenvalue weighted by atomic mass is 32.1. The van der Waals surface area contributed by atoms with Gasteiger partial charge >= 0.3 is 5.97 Å². The molecule has 2 unspecified atom stereocenters. The zero-order valence-electron chi connectivity index (χ0n) is 10.3. The number of carboxylic acid groups (broad SMARTS) is 1. The molecule has 0 aliphatic carbocycles. The van der Waals surface area contributed by atoms with Gasteiger partial charge in [0.2, 0.25) is 0 Å². The van der Waals surface area contributed by atoms with E-state index in [2.05, 4.69) is 18.7 Å². The van der Waals surface area contributed by atoms with E-state index >= 15 is 0 Å². The van der Waals surface area contributed by atoms with Gasteiger partial charge in [0.1, 0.15) is 4.88 Å². The van der Waals surface area contributed by atoms with Crippen LogP contribution in [0.4, 0.5) is 0 Å². The summed E-state index contributed by atoms with van der Waals surface area (Å²) in [7, 11) is 0. The molecule has 0 saturated carbocycles. The number of piperidine rings is 1. The highest BCUT2D eigenvalue weighted by Crippen LogP contribution is 2.25. The molecule has 1 aromatic rings. The van der Waals surface area contributed by atoms with Gasteiger partial charge in [0.05, 0.1) is 0 Å². The van der Waals surface area contributed by atoms with E-state index in [-0.39, 0.29) is 0 Å². The van der Waals surface area contributed by atoms with Gasteiger partial charge in [-0.1, -0.05) is 6.92 Å². The van der Waals surface area contributed by atoms with Crippen LogP contribution in [0.3, 0.4) is 0 Å². The zero-order chi connectivity index (χ0) is 12.4. The molecular weight excluding hydrogens is 234 g/mol. The fraction of sp³-hybridized carbons (Fsp3) is 0.615. The van der Waals surface area contributed by atoms with E-state index in [1.54, 1.807) is 6.07 Å². The predicted molar refractivity (Wildman–Crippen MR) is 69.5 cm³/mol. The smallest absolute Gasteiger partial charge is 0.345 e. The number of likely N-dealkylation sites (tertiary alicyclic amines) is 1. The van der Waals surface area contributed by atoms with Crippen molar-refractivity contribution in [3.05, 3.63) is 21.9 Å². The summed E-state index contributed by atoms with van der Waals surface area (Å²) in [5, 5.41) is 8.89. The minimum atomic E-state index is -0.818. The quantitative estimate of drug-likeness (QED) is 0.900. The molecule has 1 N–H and O–H groups in total. The van der Waals surface area contributed by atoms with Crippen LogP contribution in [0, 0.1) is 5.92 Å². The Kier molecular flexibility index (Phi) is 3.84. The average molecular weight is 253 g/mol. The third-order valence-corrected chi connectivity index (χ3v) is 4.54. The Morgan fingerprint density at radius 3 is 2.88 bits per heavy atom. The number of hydrogen-bond acceptors (Lipinski definition) is 3. The normalized spacial score (nSPS) is 26.0. The lowest BCUT2D eigenvalue weighted by atomic mass is 9.95. The SMILES string of the molecule is CC1CCC(C)N(Cc2ccc(C(=O)O)s2)C1. The van der Waals surface area contributed by atoms with E-state index in [0.717, 1.165) is 23.9 Å². The molecule has 1 aliphatic rings. The van der Waals surface area contributed by atoms with E-state index in [0.29, 0.717) is 10.9 Å². The topological polar surface area (TPSA) is 40.5 Å². The fourth-order valence-corrected chi connectivity index (χ4v) is 3.25. The Bertz CT molecular complexity index is 402. The van der Waals surface area contributed by atoms with Crippen LogP contribution in [0.1, 0.15) is 41.2 Å². The summed E-state index contributed by atoms with van der Waals surface area (Å²) in [5.41, 5.74) is 0. The van der Waals surface area contributed by atoms with Gasteiger partial charge in [-0.15, -0.1) is 11.3 Å². The first-order valence-electron chi connectivity index (χ1n) is 6.12. The second kappa shape index (κ2) is 5.19. The molecule has 2 atom stereocenters. The van der Waals surface area contributed by atoms with Crippen LogP contribution in [0.25, 0.3) is 0 Å². The molecule has 4 heteroatoms. The van der Waals surface area contributed by atoms with E-state index in [1.807, 2.05) is 6.07 Å². The molecule has 17 heavy (non-hydrogen) atoms. The summed E-state index contributed by atoms with van der Waals surface area (Å²) in [6, 6.07) is 4.27. The molecule has 0 radical (unpaired) electrons. The molecule has 94 valence electrons. The van der Waals surface area contributed by atoms with Crippen molar-refractivity contribution in [2.24, 2.45) is 5.92 Å². The van der Waals surface area contributed by atoms with Gasteiger partial charge in [0.15, 0.2) is 0 Å². The standard InChI is InChI=1S/C13H19NO2S/c1-9-3-4-10(2)14(7-9)8-11-5-6-12(17-11)13(15)16/h5-6,9-10H,3-4,7-8H2,1-2H3,(H,15,16). The molecule has 3 nitrogen and oxygen atoms in total. The Labute approximate surface area is 106 Å². The van der Waals surface area contributed by atoms with E-state index < -0.39 is 5.97 Å². The van der Waals surface area contributed by atoms with Crippen LogP contribution in [0.2, 0.25) is 0 Å². The van der Waals surface area contributed by atoms with Crippen molar-refractivity contribution in [1.82, 2.24) is 4.90 Å². The summed E-state index contributed by atoms with van der Waals surface area (Å²) in [6.07, 6.45) is 2.56. The Morgan fingerprint density at radius 1 is 1.47 bits per heavy atom. The van der Waals surface area contributed by atoms with Gasteiger partial charge in [-0.2, -0.15) is 0 Å². The van der Waals surface area contributed by atoms with Crippen LogP contribution < -0.4 is 0 Å². The predicted octanol–water partition coefficient (Wildman–Crippen LogP) is 3.07. The first-order chi connectivity index (χ1) is 8.06. The Balaban J connectivity index is 2.01. The van der Waals surface area contributed by atoms with Gasteiger partial charge in [-0.25, -0.2) is 4.79 Å². The monoisotopic (exact) mass is 253 g/mol. The van der Waals surface area contributed by atoms with E-state index in [9.17, 15) is 4.79 Å². The largest absolute Gasteiger partial charge is 0.477 e. The molecule has 0 bridgehead atoms. The summed E-state index contributed by atoms with van der Waals surface area (Å²) in [5.74, 6) is -0.0635. The number of thiophene rings is 1. The van der Waals surface area contributed by atoms with Crippen molar-refractivity contribution in [2.75, 3.05) is 6.54 Å². The minimum Gasteiger partial charge on any atom is -0.477 e. The summed E-state index contributed by atoms with van der Waals surface area (Å²) >= 11 is 1.40. The Morgan fingerprint density at radius 2 is 2.24 bits per heavy atom. The number of carboxylic acids is 1. The van der Waals surface area contributed by atoms with Crippen LogP contribution in [0.15, 0.2) is 12.1 Å². The molecule has 1 fully saturated rings. The molecule has 0 spiro atoms. The highest BCUT2D eigenvalue weighted by Gasteiger charge is 2.23. The molecular formula is C13H19NO2S. The maximum Gasteiger partial charge on any atom is 0.345 e. The Hall–Kier alpha value is -0.870. The van der Waals surface area contributed by atoms with Crippen molar-refractivity contribution < 1.29 is 9.90 Å². The second-order valence-electron chi connectivity index (χ2n) is 5.03. The molecule has 1 aliphatic heterocycles. The average Bonchev–Trinajstić information content (AvgIpc) is 2.72. The lowest BCUT2D eigenvalue weighted by Gasteiger charge is -2.36. The number of hydrogen-bond donors (Lipinski definition) is 1. The van der Waals surface area contributed by atoms with Crippen molar-refractivity contribution in [3.63, 3.8) is 0 Å². The third kappa shape index (κ3) is 3.07. The number of carbonyl (C=O) groups is 1. The van der Waals surface area contributed by atoms with E-state index in [1.165, 1.54) is 24.2 Å². The molecule has 2 rings (SSSR count). The molecule has 1 saturated heterocycles. The van der Waals surface area contributed by atoms with Crippen LogP contribution >= 0.6 is 11.3 Å². The van der Waals surface area contributed by atoms with Crippen LogP contribution in [0.5, 0.6) is 0 Å². The number of rotatable bonds is 3. The highest BCUT2D eigenvalue weighted by molar-refractivity contribution is 7.13. The van der Waals surface area contributed by atoms with Crippen LogP contribution in [-0.4, -0.2) is 28.6 Å². The summed E-state index contributed by atoms with van der Waals surface area (Å²) in [4.78, 5) is 14.9. The lowest BCUT2D eigenvalue weighted by molar-refractivity contribution is 0.0702. The number of nitrogens with zero attached hydrogens (tertiary/aromatic N) is 1. The maximum atomic E-state index is 10.8. The summed E-state index contributed by atoms with van der Waals surface area (Å²) < 4.78 is 0. The third-order valence-electron chi connectivity index (χ3n) is 3.48. The molecule has 1 aromatic heterocycles. The lowest BCUT2D eigenvalue weighted by Crippen LogP contribution is -2.40. The zero-order valence-corrected chi connectivity index (χ0v) is 11.2. The molecule has 0 amide bonds. The van der Waals surface area contributed by atoms with Crippen LogP contribution in [-0.2, 0) is 6.54 Å². The van der Waals surface area contributed by atoms with Crippen molar-refractivity contribution in [1.29, 1.82) is 0 Å². The minimum absolute atomic E-state index is 0.442. The second-order valence-corrected chi connectivity index (χ2v) is 6.20. The van der Waals surface area contributed by atoms with Gasteiger partial charge < -0.3 is 5.11 Å². The first kappa shape index (κ1) is 12.6. The van der Waals surface area contributed by atoms with Gasteiger partial charge in [0, 0.05) is 24.0 Å².